The minimum Gasteiger partial charge on any atom is -0.480 e. The maximum Gasteiger partial charge on any atom is 0.323 e. The van der Waals surface area contributed by atoms with E-state index in [4.69, 9.17) is 11.6 Å². The number of carbonyl (C=O) groups is 2. The Kier molecular flexibility index (Phi) is 7.15. The number of amides is 1. The van der Waals surface area contributed by atoms with Crippen molar-refractivity contribution in [2.24, 2.45) is 5.92 Å². The Morgan fingerprint density at radius 2 is 1.51 bits per heavy atom. The van der Waals surface area contributed by atoms with Crippen LogP contribution in [0.1, 0.15) is 34.8 Å². The molecule has 7 heteroatoms. The third-order valence-corrected chi connectivity index (χ3v) is 8.61. The van der Waals surface area contributed by atoms with Gasteiger partial charge in [0.25, 0.3) is 0 Å². The van der Waals surface area contributed by atoms with Crippen molar-refractivity contribution in [3.05, 3.63) is 106 Å². The molecule has 0 radical (unpaired) electrons. The van der Waals surface area contributed by atoms with Crippen LogP contribution in [0, 0.1) is 5.92 Å². The predicted octanol–water partition coefficient (Wildman–Crippen LogP) is 5.42. The molecule has 1 fully saturated rings. The highest BCUT2D eigenvalue weighted by Gasteiger charge is 2.35. The Balaban J connectivity index is 1.19. The molecule has 6 nitrogen and oxygen atoms in total. The van der Waals surface area contributed by atoms with Crippen LogP contribution < -0.4 is 0 Å². The monoisotopic (exact) mass is 541 g/mol. The molecule has 1 unspecified atom stereocenters. The summed E-state index contributed by atoms with van der Waals surface area (Å²) in [6, 6.07) is 27.0. The van der Waals surface area contributed by atoms with Crippen molar-refractivity contribution in [3.63, 3.8) is 0 Å². The first-order valence-electron chi connectivity index (χ1n) is 13.6. The molecule has 1 saturated heterocycles. The maximum absolute atomic E-state index is 13.7. The normalized spacial score (nSPS) is 17.9. The van der Waals surface area contributed by atoms with Crippen LogP contribution in [0.15, 0.2) is 78.9 Å². The van der Waals surface area contributed by atoms with E-state index in [-0.39, 0.29) is 24.4 Å². The van der Waals surface area contributed by atoms with Gasteiger partial charge in [-0.2, -0.15) is 0 Å². The summed E-state index contributed by atoms with van der Waals surface area (Å²) < 4.78 is 1.84. The van der Waals surface area contributed by atoms with E-state index in [1.165, 1.54) is 11.1 Å². The molecule has 2 aliphatic rings. The fourth-order valence-corrected chi connectivity index (χ4v) is 6.80. The van der Waals surface area contributed by atoms with Gasteiger partial charge in [-0.25, -0.2) is 0 Å². The lowest BCUT2D eigenvalue weighted by Gasteiger charge is -2.41. The number of aromatic nitrogens is 1. The lowest BCUT2D eigenvalue weighted by molar-refractivity contribution is -0.139. The van der Waals surface area contributed by atoms with E-state index < -0.39 is 5.97 Å². The first kappa shape index (κ1) is 25.7. The van der Waals surface area contributed by atoms with Crippen LogP contribution in [0.4, 0.5) is 0 Å². The Hall–Kier alpha value is -3.61. The van der Waals surface area contributed by atoms with Crippen molar-refractivity contribution in [1.82, 2.24) is 14.4 Å². The number of hydrogen-bond acceptors (Lipinski definition) is 3. The van der Waals surface area contributed by atoms with Gasteiger partial charge in [-0.15, -0.1) is 0 Å². The van der Waals surface area contributed by atoms with Gasteiger partial charge in [0.1, 0.15) is 6.54 Å². The highest BCUT2D eigenvalue weighted by atomic mass is 35.5. The smallest absolute Gasteiger partial charge is 0.323 e. The quantitative estimate of drug-likeness (QED) is 0.354. The molecule has 0 saturated carbocycles. The molecule has 6 rings (SSSR count). The molecule has 4 aromatic rings. The van der Waals surface area contributed by atoms with Crippen LogP contribution in [0.5, 0.6) is 0 Å². The summed E-state index contributed by atoms with van der Waals surface area (Å²) in [7, 11) is 0. The Morgan fingerprint density at radius 3 is 2.13 bits per heavy atom. The summed E-state index contributed by atoms with van der Waals surface area (Å²) in [5.41, 5.74) is 5.37. The van der Waals surface area contributed by atoms with Crippen molar-refractivity contribution >= 4 is 34.4 Å². The van der Waals surface area contributed by atoms with E-state index in [9.17, 15) is 14.7 Å². The molecule has 1 aliphatic carbocycles. The van der Waals surface area contributed by atoms with Gasteiger partial charge in [-0.3, -0.25) is 14.5 Å². The molecular formula is C32H32ClN3O3. The summed E-state index contributed by atoms with van der Waals surface area (Å²) in [6.45, 7) is 2.90. The lowest BCUT2D eigenvalue weighted by Crippen LogP contribution is -2.51. The van der Waals surface area contributed by atoms with E-state index in [0.717, 1.165) is 41.7 Å². The van der Waals surface area contributed by atoms with E-state index in [1.54, 1.807) is 6.07 Å². The van der Waals surface area contributed by atoms with Crippen LogP contribution in [0.3, 0.4) is 0 Å². The molecule has 39 heavy (non-hydrogen) atoms. The van der Waals surface area contributed by atoms with Gasteiger partial charge in [0.05, 0.1) is 16.6 Å². The summed E-state index contributed by atoms with van der Waals surface area (Å²) in [5.74, 6) is -0.793. The number of piperazine rings is 1. The average Bonchev–Trinajstić information content (AvgIpc) is 3.27. The number of halogens is 1. The fraction of sp³-hybridized carbons (Fsp3) is 0.312. The highest BCUT2D eigenvalue weighted by molar-refractivity contribution is 6.35. The number of para-hydroxylation sites is 1. The van der Waals surface area contributed by atoms with Crippen LogP contribution in [0.25, 0.3) is 10.9 Å². The van der Waals surface area contributed by atoms with Gasteiger partial charge in [0.15, 0.2) is 0 Å². The fourth-order valence-electron chi connectivity index (χ4n) is 6.52. The summed E-state index contributed by atoms with van der Waals surface area (Å²) in [6.07, 6.45) is 2.01. The van der Waals surface area contributed by atoms with Crippen LogP contribution >= 0.6 is 11.6 Å². The zero-order valence-corrected chi connectivity index (χ0v) is 22.6. The predicted molar refractivity (Wildman–Crippen MR) is 153 cm³/mol. The minimum atomic E-state index is -0.894. The van der Waals surface area contributed by atoms with Crippen LogP contribution in [-0.2, 0) is 29.0 Å². The molecule has 3 aromatic carbocycles. The highest BCUT2D eigenvalue weighted by Crippen LogP contribution is 2.38. The number of rotatable bonds is 6. The summed E-state index contributed by atoms with van der Waals surface area (Å²) in [5, 5.41) is 11.0. The molecule has 0 bridgehead atoms. The molecule has 1 amide bonds. The number of nitrogens with zero attached hydrogens (tertiary/aromatic N) is 3. The number of carboxylic acid groups (broad SMARTS) is 1. The van der Waals surface area contributed by atoms with Crippen molar-refractivity contribution in [2.45, 2.75) is 31.8 Å². The van der Waals surface area contributed by atoms with Crippen LogP contribution in [0.2, 0.25) is 5.02 Å². The third kappa shape index (κ3) is 4.95. The van der Waals surface area contributed by atoms with Crippen molar-refractivity contribution in [1.29, 1.82) is 0 Å². The Bertz CT molecular complexity index is 1450. The lowest BCUT2D eigenvalue weighted by atomic mass is 9.85. The second-order valence-corrected chi connectivity index (χ2v) is 11.0. The van der Waals surface area contributed by atoms with E-state index in [0.29, 0.717) is 31.0 Å². The number of aliphatic carboxylic acids is 1. The molecule has 200 valence electrons. The summed E-state index contributed by atoms with van der Waals surface area (Å²) in [4.78, 5) is 29.9. The van der Waals surface area contributed by atoms with Gasteiger partial charge in [-0.05, 0) is 42.0 Å². The van der Waals surface area contributed by atoms with Gasteiger partial charge >= 0.3 is 5.97 Å². The van der Waals surface area contributed by atoms with Crippen LogP contribution in [-0.4, -0.2) is 57.5 Å². The van der Waals surface area contributed by atoms with E-state index >= 15 is 0 Å². The Labute approximate surface area is 233 Å². The maximum atomic E-state index is 13.7. The Morgan fingerprint density at radius 1 is 0.872 bits per heavy atom. The molecule has 1 aromatic heterocycles. The topological polar surface area (TPSA) is 65.8 Å². The standard InChI is InChI=1S/C32H32ClN3O3/c33-27-13-7-12-25-26-20-24(14-15-28(26)36(31(25)27)21-29(37)38)32(39)35-18-16-34(17-19-35)30(22-8-3-1-4-9-22)23-10-5-2-6-11-23/h1-13,24,30H,14-21H2,(H,37,38). The number of carboxylic acids is 1. The molecule has 0 spiro atoms. The second-order valence-electron chi connectivity index (χ2n) is 10.6. The van der Waals surface area contributed by atoms with Crippen molar-refractivity contribution in [2.75, 3.05) is 26.2 Å². The van der Waals surface area contributed by atoms with E-state index in [1.807, 2.05) is 33.7 Å². The van der Waals surface area contributed by atoms with Crippen molar-refractivity contribution < 1.29 is 14.7 Å². The number of benzene rings is 3. The molecule has 2 heterocycles. The molecule has 1 N–H and O–H groups in total. The van der Waals surface area contributed by atoms with Crippen molar-refractivity contribution in [3.8, 4) is 0 Å². The zero-order valence-electron chi connectivity index (χ0n) is 21.8. The minimum absolute atomic E-state index is 0.106. The molecule has 1 aliphatic heterocycles. The zero-order chi connectivity index (χ0) is 26.9. The number of carbonyl (C=O) groups excluding carboxylic acids is 1. The molecular weight excluding hydrogens is 510 g/mol. The first-order valence-corrected chi connectivity index (χ1v) is 14.0. The number of hydrogen-bond donors (Lipinski definition) is 1. The summed E-state index contributed by atoms with van der Waals surface area (Å²) >= 11 is 6.52. The van der Waals surface area contributed by atoms with E-state index in [2.05, 4.69) is 53.4 Å². The SMILES string of the molecule is O=C(O)Cn1c2c(c3cccc(Cl)c31)CC(C(=O)N1CCN(C(c3ccccc3)c3ccccc3)CC1)CC2. The molecule has 1 atom stereocenters. The first-order chi connectivity index (χ1) is 19.0. The van der Waals surface area contributed by atoms with Gasteiger partial charge < -0.3 is 14.6 Å². The van der Waals surface area contributed by atoms with Gasteiger partial charge in [0.2, 0.25) is 5.91 Å². The van der Waals surface area contributed by atoms with Gasteiger partial charge in [0, 0.05) is 43.2 Å². The average molecular weight is 542 g/mol. The van der Waals surface area contributed by atoms with Gasteiger partial charge in [-0.1, -0.05) is 84.4 Å². The second kappa shape index (κ2) is 10.9. The largest absolute Gasteiger partial charge is 0.480 e. The number of fused-ring (bicyclic) bond motifs is 3. The third-order valence-electron chi connectivity index (χ3n) is 8.30.